The van der Waals surface area contributed by atoms with Crippen molar-refractivity contribution < 1.29 is 0 Å². The van der Waals surface area contributed by atoms with Gasteiger partial charge in [0.1, 0.15) is 0 Å². The van der Waals surface area contributed by atoms with E-state index in [4.69, 9.17) is 0 Å². The van der Waals surface area contributed by atoms with Gasteiger partial charge in [-0.1, -0.05) is 30.3 Å². The van der Waals surface area contributed by atoms with Gasteiger partial charge in [0.05, 0.1) is 0 Å². The van der Waals surface area contributed by atoms with Crippen molar-refractivity contribution in [3.8, 4) is 11.1 Å². The number of hydrogen-bond acceptors (Lipinski definition) is 2. The van der Waals surface area contributed by atoms with Crippen LogP contribution in [-0.4, -0.2) is 0 Å². The van der Waals surface area contributed by atoms with Crippen LogP contribution >= 0.6 is 24.0 Å². The zero-order chi connectivity index (χ0) is 9.10. The average molecular weight is 206 g/mol. The highest BCUT2D eigenvalue weighted by atomic mass is 32.1. The van der Waals surface area contributed by atoms with Crippen molar-refractivity contribution in [1.82, 2.24) is 0 Å². The second kappa shape index (κ2) is 3.99. The van der Waals surface area contributed by atoms with Crippen LogP contribution in [0, 0.1) is 0 Å². The van der Waals surface area contributed by atoms with Gasteiger partial charge in [0, 0.05) is 5.75 Å². The fraction of sp³-hybridized carbons (Fsp3) is 0.0909. The van der Waals surface area contributed by atoms with Gasteiger partial charge in [-0.2, -0.15) is 24.0 Å². The third kappa shape index (κ3) is 1.79. The molecule has 0 spiro atoms. The molecule has 0 aliphatic heterocycles. The molecule has 1 aromatic heterocycles. The Labute approximate surface area is 87.6 Å². The first-order valence-electron chi connectivity index (χ1n) is 4.13. The minimum absolute atomic E-state index is 0.813. The summed E-state index contributed by atoms with van der Waals surface area (Å²) < 4.78 is 0. The van der Waals surface area contributed by atoms with E-state index in [1.807, 2.05) is 6.07 Å². The van der Waals surface area contributed by atoms with Crippen molar-refractivity contribution in [3.05, 3.63) is 46.7 Å². The maximum Gasteiger partial charge on any atom is 0.0168 e. The number of rotatable bonds is 2. The van der Waals surface area contributed by atoms with Gasteiger partial charge in [-0.3, -0.25) is 0 Å². The van der Waals surface area contributed by atoms with Crippen LogP contribution in [0.5, 0.6) is 0 Å². The van der Waals surface area contributed by atoms with Crippen molar-refractivity contribution in [2.75, 3.05) is 0 Å². The van der Waals surface area contributed by atoms with E-state index >= 15 is 0 Å². The number of thiol groups is 1. The summed E-state index contributed by atoms with van der Waals surface area (Å²) in [4.78, 5) is 0. The SMILES string of the molecule is SCc1cscc1-c1ccccc1. The van der Waals surface area contributed by atoms with Gasteiger partial charge < -0.3 is 0 Å². The van der Waals surface area contributed by atoms with Crippen LogP contribution in [-0.2, 0) is 5.75 Å². The highest BCUT2D eigenvalue weighted by Gasteiger charge is 2.03. The Hall–Kier alpha value is -0.730. The first-order chi connectivity index (χ1) is 6.42. The maximum absolute atomic E-state index is 4.30. The first-order valence-corrected chi connectivity index (χ1v) is 5.70. The predicted octanol–water partition coefficient (Wildman–Crippen LogP) is 3.84. The molecule has 66 valence electrons. The monoisotopic (exact) mass is 206 g/mol. The minimum atomic E-state index is 0.813. The van der Waals surface area contributed by atoms with E-state index in [9.17, 15) is 0 Å². The molecule has 0 aliphatic carbocycles. The van der Waals surface area contributed by atoms with Gasteiger partial charge in [-0.05, 0) is 27.5 Å². The normalized spacial score (nSPS) is 10.2. The van der Waals surface area contributed by atoms with Crippen molar-refractivity contribution in [3.63, 3.8) is 0 Å². The Kier molecular flexibility index (Phi) is 2.71. The van der Waals surface area contributed by atoms with Crippen molar-refractivity contribution in [1.29, 1.82) is 0 Å². The quantitative estimate of drug-likeness (QED) is 0.709. The van der Waals surface area contributed by atoms with Crippen LogP contribution in [0.2, 0.25) is 0 Å². The fourth-order valence-corrected chi connectivity index (χ4v) is 2.57. The molecular weight excluding hydrogens is 196 g/mol. The molecule has 0 atom stereocenters. The lowest BCUT2D eigenvalue weighted by Crippen LogP contribution is -1.78. The average Bonchev–Trinajstić information content (AvgIpc) is 2.67. The number of thiophene rings is 1. The van der Waals surface area contributed by atoms with Crippen molar-refractivity contribution in [2.45, 2.75) is 5.75 Å². The van der Waals surface area contributed by atoms with Gasteiger partial charge in [0.2, 0.25) is 0 Å². The highest BCUT2D eigenvalue weighted by Crippen LogP contribution is 2.27. The van der Waals surface area contributed by atoms with E-state index in [2.05, 4.69) is 47.7 Å². The summed E-state index contributed by atoms with van der Waals surface area (Å²) in [5.41, 5.74) is 3.92. The largest absolute Gasteiger partial charge is 0.174 e. The molecule has 2 heteroatoms. The summed E-state index contributed by atoms with van der Waals surface area (Å²) in [5.74, 6) is 0.813. The molecule has 2 rings (SSSR count). The third-order valence-electron chi connectivity index (χ3n) is 2.00. The van der Waals surface area contributed by atoms with Crippen LogP contribution < -0.4 is 0 Å². The molecule has 0 unspecified atom stereocenters. The van der Waals surface area contributed by atoms with Crippen molar-refractivity contribution in [2.24, 2.45) is 0 Å². The molecule has 0 saturated heterocycles. The first kappa shape index (κ1) is 8.85. The molecule has 2 aromatic rings. The van der Waals surface area contributed by atoms with Gasteiger partial charge in [0.25, 0.3) is 0 Å². The van der Waals surface area contributed by atoms with Crippen LogP contribution in [0.1, 0.15) is 5.56 Å². The summed E-state index contributed by atoms with van der Waals surface area (Å²) in [5, 5.41) is 4.34. The summed E-state index contributed by atoms with van der Waals surface area (Å²) in [6, 6.07) is 10.4. The van der Waals surface area contributed by atoms with Gasteiger partial charge >= 0.3 is 0 Å². The molecule has 0 bridgehead atoms. The van der Waals surface area contributed by atoms with E-state index in [1.54, 1.807) is 11.3 Å². The summed E-state index contributed by atoms with van der Waals surface area (Å²) in [7, 11) is 0. The Balaban J connectivity index is 2.47. The lowest BCUT2D eigenvalue weighted by molar-refractivity contribution is 1.48. The topological polar surface area (TPSA) is 0 Å². The van der Waals surface area contributed by atoms with E-state index in [-0.39, 0.29) is 0 Å². The predicted molar refractivity (Wildman–Crippen MR) is 62.4 cm³/mol. The van der Waals surface area contributed by atoms with Crippen LogP contribution in [0.3, 0.4) is 0 Å². The minimum Gasteiger partial charge on any atom is -0.174 e. The second-order valence-electron chi connectivity index (χ2n) is 2.83. The van der Waals surface area contributed by atoms with E-state index in [0.717, 1.165) is 5.75 Å². The zero-order valence-electron chi connectivity index (χ0n) is 7.10. The van der Waals surface area contributed by atoms with E-state index in [0.29, 0.717) is 0 Å². The molecule has 0 N–H and O–H groups in total. The number of benzene rings is 1. The Bertz CT molecular complexity index is 376. The summed E-state index contributed by atoms with van der Waals surface area (Å²) in [6.45, 7) is 0. The molecule has 0 nitrogen and oxygen atoms in total. The van der Waals surface area contributed by atoms with Gasteiger partial charge in [-0.25, -0.2) is 0 Å². The lowest BCUT2D eigenvalue weighted by Gasteiger charge is -2.00. The molecule has 0 aliphatic rings. The maximum atomic E-state index is 4.30. The van der Waals surface area contributed by atoms with Crippen LogP contribution in [0.4, 0.5) is 0 Å². The van der Waals surface area contributed by atoms with Crippen molar-refractivity contribution >= 4 is 24.0 Å². The molecular formula is C11H10S2. The van der Waals surface area contributed by atoms with E-state index < -0.39 is 0 Å². The number of hydrogen-bond donors (Lipinski definition) is 1. The standard InChI is InChI=1S/C11H10S2/c12-6-10-7-13-8-11(10)9-4-2-1-3-5-9/h1-5,7-8,12H,6H2. The van der Waals surface area contributed by atoms with E-state index in [1.165, 1.54) is 16.7 Å². The zero-order valence-corrected chi connectivity index (χ0v) is 8.81. The Morgan fingerprint density at radius 1 is 1.08 bits per heavy atom. The summed E-state index contributed by atoms with van der Waals surface area (Å²) >= 11 is 6.04. The lowest BCUT2D eigenvalue weighted by atomic mass is 10.1. The van der Waals surface area contributed by atoms with Gasteiger partial charge in [0.15, 0.2) is 0 Å². The summed E-state index contributed by atoms with van der Waals surface area (Å²) in [6.07, 6.45) is 0. The second-order valence-corrected chi connectivity index (χ2v) is 3.89. The highest BCUT2D eigenvalue weighted by molar-refractivity contribution is 7.79. The van der Waals surface area contributed by atoms with Crippen LogP contribution in [0.25, 0.3) is 11.1 Å². The van der Waals surface area contributed by atoms with Gasteiger partial charge in [-0.15, -0.1) is 0 Å². The molecule has 1 heterocycles. The smallest absolute Gasteiger partial charge is 0.0168 e. The molecule has 0 radical (unpaired) electrons. The fourth-order valence-electron chi connectivity index (χ4n) is 1.32. The molecule has 1 aromatic carbocycles. The molecule has 0 amide bonds. The molecule has 13 heavy (non-hydrogen) atoms. The molecule has 0 fully saturated rings. The Morgan fingerprint density at radius 2 is 1.85 bits per heavy atom. The Morgan fingerprint density at radius 3 is 2.54 bits per heavy atom. The van der Waals surface area contributed by atoms with Crippen LogP contribution in [0.15, 0.2) is 41.1 Å². The third-order valence-corrected chi connectivity index (χ3v) is 3.13. The molecule has 0 saturated carbocycles.